The Morgan fingerprint density at radius 3 is 2.37 bits per heavy atom. The van der Waals surface area contributed by atoms with Gasteiger partial charge in [0.25, 0.3) is 0 Å². The van der Waals surface area contributed by atoms with Crippen molar-refractivity contribution in [3.8, 4) is 0 Å². The van der Waals surface area contributed by atoms with E-state index >= 15 is 0 Å². The van der Waals surface area contributed by atoms with Gasteiger partial charge in [-0.3, -0.25) is 4.90 Å². The van der Waals surface area contributed by atoms with E-state index in [0.29, 0.717) is 6.04 Å². The molecule has 110 valence electrons. The minimum atomic E-state index is 0.479. The van der Waals surface area contributed by atoms with Gasteiger partial charge in [0.05, 0.1) is 0 Å². The van der Waals surface area contributed by atoms with Gasteiger partial charge in [-0.1, -0.05) is 32.1 Å². The van der Waals surface area contributed by atoms with Gasteiger partial charge in [-0.25, -0.2) is 0 Å². The average molecular weight is 264 g/mol. The van der Waals surface area contributed by atoms with Gasteiger partial charge in [0, 0.05) is 18.6 Å². The average Bonchev–Trinajstić information content (AvgIpc) is 3.03. The fraction of sp³-hybridized carbons (Fsp3) is 1.00. The van der Waals surface area contributed by atoms with Crippen molar-refractivity contribution in [1.29, 1.82) is 0 Å². The normalized spacial score (nSPS) is 38.7. The predicted octanol–water partition coefficient (Wildman–Crippen LogP) is 3.55. The van der Waals surface area contributed by atoms with E-state index in [4.69, 9.17) is 5.73 Å². The van der Waals surface area contributed by atoms with Crippen molar-refractivity contribution in [3.63, 3.8) is 0 Å². The Morgan fingerprint density at radius 2 is 1.53 bits per heavy atom. The van der Waals surface area contributed by atoms with Crippen LogP contribution in [-0.4, -0.2) is 30.1 Å². The van der Waals surface area contributed by atoms with Crippen LogP contribution in [0.15, 0.2) is 0 Å². The molecule has 3 atom stereocenters. The van der Waals surface area contributed by atoms with Crippen LogP contribution in [0.4, 0.5) is 0 Å². The van der Waals surface area contributed by atoms with Gasteiger partial charge >= 0.3 is 0 Å². The van der Waals surface area contributed by atoms with Crippen LogP contribution in [0.5, 0.6) is 0 Å². The van der Waals surface area contributed by atoms with Crippen molar-refractivity contribution in [2.24, 2.45) is 17.6 Å². The molecule has 1 saturated heterocycles. The highest BCUT2D eigenvalue weighted by molar-refractivity contribution is 4.90. The monoisotopic (exact) mass is 264 g/mol. The molecule has 0 bridgehead atoms. The fourth-order valence-electron chi connectivity index (χ4n) is 4.90. The van der Waals surface area contributed by atoms with Gasteiger partial charge in [-0.05, 0) is 56.9 Å². The summed E-state index contributed by atoms with van der Waals surface area (Å²) >= 11 is 0. The first-order valence-corrected chi connectivity index (χ1v) is 8.84. The second kappa shape index (κ2) is 6.58. The van der Waals surface area contributed by atoms with E-state index in [1.165, 1.54) is 83.7 Å². The smallest absolute Gasteiger partial charge is 0.0124 e. The molecule has 0 aromatic carbocycles. The van der Waals surface area contributed by atoms with Crippen LogP contribution in [0.2, 0.25) is 0 Å². The maximum absolute atomic E-state index is 6.43. The molecular formula is C17H32N2. The lowest BCUT2D eigenvalue weighted by Gasteiger charge is -2.34. The Bertz CT molecular complexity index is 272. The highest BCUT2D eigenvalue weighted by Crippen LogP contribution is 2.36. The van der Waals surface area contributed by atoms with Gasteiger partial charge in [0.1, 0.15) is 0 Å². The first-order chi connectivity index (χ1) is 9.34. The molecule has 2 saturated carbocycles. The van der Waals surface area contributed by atoms with Crippen molar-refractivity contribution in [2.45, 2.75) is 82.7 Å². The molecule has 19 heavy (non-hydrogen) atoms. The summed E-state index contributed by atoms with van der Waals surface area (Å²) in [5, 5.41) is 0. The second-order valence-electron chi connectivity index (χ2n) is 7.31. The maximum Gasteiger partial charge on any atom is 0.0124 e. The zero-order valence-electron chi connectivity index (χ0n) is 12.5. The third kappa shape index (κ3) is 3.33. The van der Waals surface area contributed by atoms with Crippen molar-refractivity contribution in [1.82, 2.24) is 4.90 Å². The summed E-state index contributed by atoms with van der Waals surface area (Å²) < 4.78 is 0. The zero-order valence-corrected chi connectivity index (χ0v) is 12.5. The fourth-order valence-corrected chi connectivity index (χ4v) is 4.90. The SMILES string of the molecule is NC1CCCCCC1CN1CCCC1C1CCCC1. The largest absolute Gasteiger partial charge is 0.327 e. The molecule has 0 amide bonds. The van der Waals surface area contributed by atoms with E-state index in [-0.39, 0.29) is 0 Å². The summed E-state index contributed by atoms with van der Waals surface area (Å²) in [6, 6.07) is 1.39. The maximum atomic E-state index is 6.43. The summed E-state index contributed by atoms with van der Waals surface area (Å²) in [6.07, 6.45) is 15.7. The number of hydrogen-bond acceptors (Lipinski definition) is 2. The molecule has 3 fully saturated rings. The summed E-state index contributed by atoms with van der Waals surface area (Å²) in [7, 11) is 0. The molecule has 1 heterocycles. The molecule has 2 N–H and O–H groups in total. The summed E-state index contributed by atoms with van der Waals surface area (Å²) in [5.41, 5.74) is 6.43. The van der Waals surface area contributed by atoms with Crippen molar-refractivity contribution < 1.29 is 0 Å². The van der Waals surface area contributed by atoms with E-state index in [1.54, 1.807) is 0 Å². The van der Waals surface area contributed by atoms with Crippen LogP contribution >= 0.6 is 0 Å². The Hall–Kier alpha value is -0.0800. The minimum absolute atomic E-state index is 0.479. The van der Waals surface area contributed by atoms with Crippen LogP contribution in [-0.2, 0) is 0 Å². The lowest BCUT2D eigenvalue weighted by Crippen LogP contribution is -2.43. The predicted molar refractivity (Wildman–Crippen MR) is 81.1 cm³/mol. The molecule has 2 nitrogen and oxygen atoms in total. The molecule has 3 unspecified atom stereocenters. The lowest BCUT2D eigenvalue weighted by molar-refractivity contribution is 0.151. The van der Waals surface area contributed by atoms with Crippen molar-refractivity contribution >= 4 is 0 Å². The number of nitrogens with zero attached hydrogens (tertiary/aromatic N) is 1. The van der Waals surface area contributed by atoms with Gasteiger partial charge < -0.3 is 5.73 Å². The van der Waals surface area contributed by atoms with Crippen molar-refractivity contribution in [3.05, 3.63) is 0 Å². The molecular weight excluding hydrogens is 232 g/mol. The number of likely N-dealkylation sites (tertiary alicyclic amines) is 1. The van der Waals surface area contributed by atoms with E-state index in [2.05, 4.69) is 4.90 Å². The molecule has 3 rings (SSSR count). The Labute approximate surface area is 119 Å². The van der Waals surface area contributed by atoms with Crippen molar-refractivity contribution in [2.75, 3.05) is 13.1 Å². The van der Waals surface area contributed by atoms with Crippen LogP contribution in [0.1, 0.15) is 70.6 Å². The standard InChI is InChI=1S/C17H32N2/c18-16-10-3-1-2-9-15(16)13-19-12-6-11-17(19)14-7-4-5-8-14/h14-17H,1-13,18H2. The molecule has 1 aliphatic heterocycles. The van der Waals surface area contributed by atoms with Gasteiger partial charge in [0.2, 0.25) is 0 Å². The van der Waals surface area contributed by atoms with E-state index < -0.39 is 0 Å². The molecule has 2 heteroatoms. The quantitative estimate of drug-likeness (QED) is 0.790. The minimum Gasteiger partial charge on any atom is -0.327 e. The molecule has 0 radical (unpaired) electrons. The first kappa shape index (κ1) is 13.9. The van der Waals surface area contributed by atoms with Gasteiger partial charge in [-0.15, -0.1) is 0 Å². The third-order valence-electron chi connectivity index (χ3n) is 6.05. The van der Waals surface area contributed by atoms with Crippen LogP contribution in [0, 0.1) is 11.8 Å². The molecule has 0 aromatic heterocycles. The van der Waals surface area contributed by atoms with Gasteiger partial charge in [0.15, 0.2) is 0 Å². The van der Waals surface area contributed by atoms with E-state index in [0.717, 1.165) is 17.9 Å². The molecule has 3 aliphatic rings. The number of hydrogen-bond donors (Lipinski definition) is 1. The summed E-state index contributed by atoms with van der Waals surface area (Å²) in [5.74, 6) is 1.80. The zero-order chi connectivity index (χ0) is 13.1. The Morgan fingerprint density at radius 1 is 0.789 bits per heavy atom. The highest BCUT2D eigenvalue weighted by Gasteiger charge is 2.35. The first-order valence-electron chi connectivity index (χ1n) is 8.84. The molecule has 0 aromatic rings. The molecule has 0 spiro atoms. The number of rotatable bonds is 3. The molecule has 2 aliphatic carbocycles. The van der Waals surface area contributed by atoms with Crippen LogP contribution < -0.4 is 5.73 Å². The summed E-state index contributed by atoms with van der Waals surface area (Å²) in [6.45, 7) is 2.66. The van der Waals surface area contributed by atoms with Crippen LogP contribution in [0.3, 0.4) is 0 Å². The Balaban J connectivity index is 1.57. The van der Waals surface area contributed by atoms with Gasteiger partial charge in [-0.2, -0.15) is 0 Å². The highest BCUT2D eigenvalue weighted by atomic mass is 15.2. The van der Waals surface area contributed by atoms with Crippen LogP contribution in [0.25, 0.3) is 0 Å². The van der Waals surface area contributed by atoms with E-state index in [9.17, 15) is 0 Å². The Kier molecular flexibility index (Phi) is 4.81. The second-order valence-corrected chi connectivity index (χ2v) is 7.31. The topological polar surface area (TPSA) is 29.3 Å². The lowest BCUT2D eigenvalue weighted by atomic mass is 9.92. The summed E-state index contributed by atoms with van der Waals surface area (Å²) in [4.78, 5) is 2.84. The third-order valence-corrected chi connectivity index (χ3v) is 6.05. The number of nitrogens with two attached hydrogens (primary N) is 1. The van der Waals surface area contributed by atoms with E-state index in [1.807, 2.05) is 0 Å².